The highest BCUT2D eigenvalue weighted by Gasteiger charge is 2.48. The molecule has 36 heavy (non-hydrogen) atoms. The summed E-state index contributed by atoms with van der Waals surface area (Å²) in [5.41, 5.74) is -2.10. The summed E-state index contributed by atoms with van der Waals surface area (Å²) in [4.78, 5) is 11.9. The van der Waals surface area contributed by atoms with Gasteiger partial charge in [0.15, 0.2) is 11.3 Å². The lowest BCUT2D eigenvalue weighted by atomic mass is 9.89. The molecule has 4 rings (SSSR count). The summed E-state index contributed by atoms with van der Waals surface area (Å²) in [6.45, 7) is -1.60. The van der Waals surface area contributed by atoms with Crippen LogP contribution in [0.4, 0.5) is 0 Å². The number of aliphatic hydroxyl groups is 8. The molecule has 2 aromatic rings. The van der Waals surface area contributed by atoms with Crippen LogP contribution in [0.1, 0.15) is 11.7 Å². The van der Waals surface area contributed by atoms with Gasteiger partial charge in [0, 0.05) is 6.07 Å². The molecule has 0 spiro atoms. The molecular weight excluding hydrogens is 492 g/mol. The van der Waals surface area contributed by atoms with Crippen LogP contribution >= 0.6 is 0 Å². The minimum atomic E-state index is -1.94. The molecule has 3 heterocycles. The predicted molar refractivity (Wildman–Crippen MR) is 113 cm³/mol. The van der Waals surface area contributed by atoms with Crippen molar-refractivity contribution < 1.29 is 69.7 Å². The van der Waals surface area contributed by atoms with Crippen LogP contribution in [0.15, 0.2) is 21.3 Å². The first kappa shape index (κ1) is 26.5. The number of rotatable bonds is 5. The lowest BCUT2D eigenvalue weighted by Gasteiger charge is -2.41. The van der Waals surface area contributed by atoms with E-state index in [4.69, 9.17) is 18.6 Å². The van der Waals surface area contributed by atoms with Crippen molar-refractivity contribution in [1.82, 2.24) is 0 Å². The molecule has 2 fully saturated rings. The predicted octanol–water partition coefficient (Wildman–Crippen LogP) is -4.10. The van der Waals surface area contributed by atoms with Gasteiger partial charge in [0.2, 0.25) is 12.0 Å². The van der Waals surface area contributed by atoms with Gasteiger partial charge in [0.25, 0.3) is 0 Å². The van der Waals surface area contributed by atoms with Gasteiger partial charge in [-0.1, -0.05) is 0 Å². The van der Waals surface area contributed by atoms with Crippen LogP contribution < -0.4 is 10.4 Å². The van der Waals surface area contributed by atoms with E-state index >= 15 is 0 Å². The van der Waals surface area contributed by atoms with E-state index in [1.54, 1.807) is 0 Å². The van der Waals surface area contributed by atoms with Crippen LogP contribution in [-0.2, 0) is 9.47 Å². The summed E-state index contributed by atoms with van der Waals surface area (Å²) in [7, 11) is 0. The summed E-state index contributed by atoms with van der Waals surface area (Å²) in [5, 5.41) is 102. The van der Waals surface area contributed by atoms with Crippen LogP contribution in [0.5, 0.6) is 17.2 Å². The second-order valence-electron chi connectivity index (χ2n) is 8.50. The minimum absolute atomic E-state index is 0.265. The highest BCUT2D eigenvalue weighted by Crippen LogP contribution is 2.50. The quantitative estimate of drug-likeness (QED) is 0.169. The third kappa shape index (κ3) is 4.28. The fraction of sp³-hybridized carbons (Fsp3) is 0.571. The third-order valence-corrected chi connectivity index (χ3v) is 6.28. The molecular formula is C21H26O15. The number of hydrogen-bond donors (Lipinski definition) is 10. The zero-order valence-corrected chi connectivity index (χ0v) is 18.4. The molecule has 10 atom stereocenters. The maximum atomic E-state index is 11.9. The van der Waals surface area contributed by atoms with E-state index in [0.717, 1.165) is 12.1 Å². The first-order valence-corrected chi connectivity index (χ1v) is 10.8. The van der Waals surface area contributed by atoms with Gasteiger partial charge in [-0.3, -0.25) is 0 Å². The Morgan fingerprint density at radius 1 is 0.750 bits per heavy atom. The number of aromatic hydroxyl groups is 2. The van der Waals surface area contributed by atoms with Crippen molar-refractivity contribution in [2.24, 2.45) is 0 Å². The molecule has 2 aliphatic heterocycles. The number of aliphatic hydroxyl groups excluding tert-OH is 8. The van der Waals surface area contributed by atoms with Crippen LogP contribution in [-0.4, -0.2) is 119 Å². The van der Waals surface area contributed by atoms with E-state index < -0.39 is 108 Å². The number of fused-ring (bicyclic) bond motifs is 1. The molecule has 0 bridgehead atoms. The number of phenols is 2. The lowest BCUT2D eigenvalue weighted by molar-refractivity contribution is -0.277. The standard InChI is InChI=1S/C21H26O15/c22-3-6-11(26)14(29)16(31)19(33-6)9-10(25)5-1-2-8(24)35-18(5)20(13(9)28)36-21-17(32)15(30)12(27)7(4-23)34-21/h1-2,6-7,11-12,14-17,19,21-23,25-32H,3-4H2/t6-,7-,11+,12+,14+,15+,16+,17+,19+,21-/m0/s1. The largest absolute Gasteiger partial charge is 0.507 e. The third-order valence-electron chi connectivity index (χ3n) is 6.28. The topological polar surface area (TPSA) is 260 Å². The Labute approximate surface area is 201 Å². The van der Waals surface area contributed by atoms with Crippen LogP contribution in [0, 0.1) is 0 Å². The monoisotopic (exact) mass is 518 g/mol. The molecule has 10 N–H and O–H groups in total. The summed E-state index contributed by atoms with van der Waals surface area (Å²) >= 11 is 0. The summed E-state index contributed by atoms with van der Waals surface area (Å²) in [5.74, 6) is -2.54. The molecule has 2 saturated heterocycles. The second kappa shape index (κ2) is 10.1. The molecule has 0 amide bonds. The molecule has 15 nitrogen and oxygen atoms in total. The van der Waals surface area contributed by atoms with E-state index in [9.17, 15) is 55.9 Å². The Bertz CT molecular complexity index is 1150. The molecule has 2 aliphatic rings. The smallest absolute Gasteiger partial charge is 0.336 e. The maximum Gasteiger partial charge on any atom is 0.336 e. The molecule has 1 aromatic heterocycles. The molecule has 0 saturated carbocycles. The normalized spacial score (nSPS) is 37.2. The Hall–Kier alpha value is -2.57. The van der Waals surface area contributed by atoms with Crippen molar-refractivity contribution in [3.63, 3.8) is 0 Å². The zero-order valence-electron chi connectivity index (χ0n) is 18.4. The van der Waals surface area contributed by atoms with Crippen molar-refractivity contribution in [2.45, 2.75) is 61.2 Å². The van der Waals surface area contributed by atoms with Crippen molar-refractivity contribution in [1.29, 1.82) is 0 Å². The van der Waals surface area contributed by atoms with Crippen LogP contribution in [0.3, 0.4) is 0 Å². The van der Waals surface area contributed by atoms with Gasteiger partial charge in [-0.25, -0.2) is 4.79 Å². The zero-order chi connectivity index (χ0) is 26.5. The van der Waals surface area contributed by atoms with Crippen molar-refractivity contribution in [3.8, 4) is 17.2 Å². The van der Waals surface area contributed by atoms with Gasteiger partial charge in [-0.2, -0.15) is 0 Å². The van der Waals surface area contributed by atoms with Gasteiger partial charge < -0.3 is 69.7 Å². The number of ether oxygens (including phenoxy) is 3. The molecule has 15 heteroatoms. The van der Waals surface area contributed by atoms with Gasteiger partial charge in [0.1, 0.15) is 60.7 Å². The summed E-state index contributed by atoms with van der Waals surface area (Å²) in [6, 6.07) is 1.98. The molecule has 200 valence electrons. The first-order chi connectivity index (χ1) is 17.0. The van der Waals surface area contributed by atoms with E-state index in [0.29, 0.717) is 0 Å². The number of phenolic OH excluding ortho intramolecular Hbond substituents is 2. The fourth-order valence-electron chi connectivity index (χ4n) is 4.26. The Morgan fingerprint density at radius 2 is 1.33 bits per heavy atom. The van der Waals surface area contributed by atoms with Crippen molar-refractivity contribution >= 4 is 11.0 Å². The minimum Gasteiger partial charge on any atom is -0.507 e. The van der Waals surface area contributed by atoms with Crippen molar-refractivity contribution in [2.75, 3.05) is 13.2 Å². The SMILES string of the molecule is O=c1ccc2c(O)c([C@H]3O[C@@H](CO)[C@@H](O)[C@@H](O)[C@H]3O)c(O)c(O[C@@H]3O[C@@H](CO)[C@@H](O)[C@@H](O)[C@H]3O)c2o1. The lowest BCUT2D eigenvalue weighted by Crippen LogP contribution is -2.60. The van der Waals surface area contributed by atoms with Crippen LogP contribution in [0.25, 0.3) is 11.0 Å². The highest BCUT2D eigenvalue weighted by molar-refractivity contribution is 5.92. The fourth-order valence-corrected chi connectivity index (χ4v) is 4.26. The Kier molecular flexibility index (Phi) is 7.40. The Balaban J connectivity index is 1.86. The maximum absolute atomic E-state index is 11.9. The highest BCUT2D eigenvalue weighted by atomic mass is 16.7. The average molecular weight is 518 g/mol. The second-order valence-corrected chi connectivity index (χ2v) is 8.50. The Morgan fingerprint density at radius 3 is 1.94 bits per heavy atom. The van der Waals surface area contributed by atoms with E-state index in [1.165, 1.54) is 0 Å². The van der Waals surface area contributed by atoms with Crippen LogP contribution in [0.2, 0.25) is 0 Å². The molecule has 0 unspecified atom stereocenters. The van der Waals surface area contributed by atoms with Gasteiger partial charge in [0.05, 0.1) is 24.2 Å². The molecule has 1 aromatic carbocycles. The van der Waals surface area contributed by atoms with Crippen molar-refractivity contribution in [3.05, 3.63) is 28.1 Å². The average Bonchev–Trinajstić information content (AvgIpc) is 2.86. The van der Waals surface area contributed by atoms with E-state index in [1.807, 2.05) is 0 Å². The number of benzene rings is 1. The number of hydrogen-bond acceptors (Lipinski definition) is 15. The van der Waals surface area contributed by atoms with Gasteiger partial charge in [-0.15, -0.1) is 0 Å². The first-order valence-electron chi connectivity index (χ1n) is 10.8. The molecule has 0 radical (unpaired) electrons. The summed E-state index contributed by atoms with van der Waals surface area (Å²) < 4.78 is 21.2. The van der Waals surface area contributed by atoms with Gasteiger partial charge >= 0.3 is 5.63 Å². The molecule has 0 aliphatic carbocycles. The summed E-state index contributed by atoms with van der Waals surface area (Å²) in [6.07, 6.45) is -17.5. The van der Waals surface area contributed by atoms with E-state index in [-0.39, 0.29) is 5.39 Å². The van der Waals surface area contributed by atoms with E-state index in [2.05, 4.69) is 0 Å². The van der Waals surface area contributed by atoms with Gasteiger partial charge in [-0.05, 0) is 6.07 Å².